The second-order valence-corrected chi connectivity index (χ2v) is 10.3. The highest BCUT2D eigenvalue weighted by Gasteiger charge is 2.44. The molecule has 1 aliphatic rings. The van der Waals surface area contributed by atoms with Gasteiger partial charge in [0, 0.05) is 12.4 Å². The van der Waals surface area contributed by atoms with Gasteiger partial charge in [0.1, 0.15) is 28.4 Å². The largest absolute Gasteiger partial charge is 0.465 e. The van der Waals surface area contributed by atoms with Crippen LogP contribution in [0.1, 0.15) is 16.3 Å². The summed E-state index contributed by atoms with van der Waals surface area (Å²) in [6.07, 6.45) is -8.46. The number of hydrogen-bond donors (Lipinski definition) is 4. The molecule has 41 heavy (non-hydrogen) atoms. The second-order valence-electron chi connectivity index (χ2n) is 9.20. The fourth-order valence-electron chi connectivity index (χ4n) is 4.39. The molecule has 1 fully saturated rings. The van der Waals surface area contributed by atoms with E-state index in [4.69, 9.17) is 9.47 Å². The van der Waals surface area contributed by atoms with E-state index in [0.717, 1.165) is 28.2 Å². The number of aromatic nitrogens is 5. The van der Waals surface area contributed by atoms with Gasteiger partial charge in [0.25, 0.3) is 5.56 Å². The van der Waals surface area contributed by atoms with Crippen LogP contribution in [0.15, 0.2) is 35.4 Å². The molecular weight excluding hydrogens is 575 g/mol. The lowest BCUT2D eigenvalue weighted by Crippen LogP contribution is -2.56. The topological polar surface area (TPSA) is 190 Å². The molecule has 0 amide bonds. The van der Waals surface area contributed by atoms with Crippen molar-refractivity contribution < 1.29 is 47.9 Å². The monoisotopic (exact) mass is 597 g/mol. The quantitative estimate of drug-likeness (QED) is 0.209. The summed E-state index contributed by atoms with van der Waals surface area (Å²) in [6.45, 7) is -1.41. The Labute approximate surface area is 231 Å². The van der Waals surface area contributed by atoms with E-state index in [0.29, 0.717) is 4.70 Å². The highest BCUT2D eigenvalue weighted by atomic mass is 32.1. The van der Waals surface area contributed by atoms with Gasteiger partial charge in [0.2, 0.25) is 0 Å². The molecule has 1 saturated heterocycles. The summed E-state index contributed by atoms with van der Waals surface area (Å²) in [4.78, 5) is 38.1. The first kappa shape index (κ1) is 28.9. The number of aliphatic hydroxyl groups excluding tert-OH is 4. The number of aliphatic hydroxyl groups is 4. The maximum Gasteiger partial charge on any atom is 0.416 e. The van der Waals surface area contributed by atoms with Gasteiger partial charge in [-0.1, -0.05) is 0 Å². The molecule has 5 atom stereocenters. The van der Waals surface area contributed by atoms with E-state index < -0.39 is 73.4 Å². The number of thiazole rings is 1. The third-order valence-corrected chi connectivity index (χ3v) is 7.51. The average molecular weight is 598 g/mol. The van der Waals surface area contributed by atoms with E-state index >= 15 is 0 Å². The Morgan fingerprint density at radius 3 is 2.56 bits per heavy atom. The first-order valence-corrected chi connectivity index (χ1v) is 12.9. The van der Waals surface area contributed by atoms with Crippen LogP contribution < -0.4 is 5.56 Å². The summed E-state index contributed by atoms with van der Waals surface area (Å²) in [5.41, 5.74) is -1.52. The van der Waals surface area contributed by atoms with E-state index in [2.05, 4.69) is 20.1 Å². The van der Waals surface area contributed by atoms with E-state index in [-0.39, 0.29) is 33.8 Å². The molecule has 5 rings (SSSR count). The van der Waals surface area contributed by atoms with Gasteiger partial charge >= 0.3 is 12.1 Å². The van der Waals surface area contributed by atoms with E-state index in [1.807, 2.05) is 0 Å². The SMILES string of the molecule is O=C(Cc1nn(Cc2nc3cc(C(F)(F)F)ccc3s2)c(=O)c2nccnc12)OCC1[C@@H](O)[C@H](O)O[C@H](CO)[C@H]1O. The van der Waals surface area contributed by atoms with Crippen LogP contribution in [0.2, 0.25) is 0 Å². The maximum absolute atomic E-state index is 13.1. The van der Waals surface area contributed by atoms with E-state index in [1.54, 1.807) is 0 Å². The van der Waals surface area contributed by atoms with Crippen molar-refractivity contribution in [2.45, 2.75) is 43.7 Å². The smallest absolute Gasteiger partial charge is 0.416 e. The van der Waals surface area contributed by atoms with Crippen molar-refractivity contribution in [1.29, 1.82) is 0 Å². The van der Waals surface area contributed by atoms with Crippen LogP contribution in [-0.2, 0) is 33.4 Å². The van der Waals surface area contributed by atoms with Crippen molar-refractivity contribution in [2.75, 3.05) is 13.2 Å². The van der Waals surface area contributed by atoms with Crippen LogP contribution in [0.5, 0.6) is 0 Å². The van der Waals surface area contributed by atoms with Crippen molar-refractivity contribution in [3.8, 4) is 0 Å². The number of carbonyl (C=O) groups excluding carboxylic acids is 1. The van der Waals surface area contributed by atoms with E-state index in [9.17, 15) is 43.2 Å². The van der Waals surface area contributed by atoms with Crippen LogP contribution >= 0.6 is 11.3 Å². The van der Waals surface area contributed by atoms with Gasteiger partial charge in [-0.15, -0.1) is 11.3 Å². The van der Waals surface area contributed by atoms with Gasteiger partial charge in [-0.05, 0) is 18.2 Å². The minimum absolute atomic E-state index is 0.000451. The van der Waals surface area contributed by atoms with E-state index in [1.165, 1.54) is 18.5 Å². The molecule has 0 saturated carbocycles. The molecule has 17 heteroatoms. The number of fused-ring (bicyclic) bond motifs is 2. The van der Waals surface area contributed by atoms with Crippen molar-refractivity contribution in [1.82, 2.24) is 24.7 Å². The van der Waals surface area contributed by atoms with Gasteiger partial charge in [0.05, 0.1) is 54.0 Å². The lowest BCUT2D eigenvalue weighted by Gasteiger charge is -2.39. The third kappa shape index (κ3) is 5.90. The molecule has 3 aromatic heterocycles. The van der Waals surface area contributed by atoms with Crippen molar-refractivity contribution in [3.63, 3.8) is 0 Å². The second kappa shape index (κ2) is 11.3. The van der Waals surface area contributed by atoms with Crippen LogP contribution in [0.3, 0.4) is 0 Å². The summed E-state index contributed by atoms with van der Waals surface area (Å²) >= 11 is 1.07. The highest BCUT2D eigenvalue weighted by Crippen LogP contribution is 2.33. The predicted octanol–water partition coefficient (Wildman–Crippen LogP) is -0.00350. The zero-order chi connectivity index (χ0) is 29.5. The van der Waals surface area contributed by atoms with Gasteiger partial charge in [-0.3, -0.25) is 14.6 Å². The minimum Gasteiger partial charge on any atom is -0.465 e. The molecule has 218 valence electrons. The van der Waals surface area contributed by atoms with Gasteiger partial charge in [0.15, 0.2) is 11.8 Å². The van der Waals surface area contributed by atoms with Crippen molar-refractivity contribution >= 4 is 38.6 Å². The van der Waals surface area contributed by atoms with Crippen molar-refractivity contribution in [3.05, 3.63) is 57.2 Å². The number of nitrogens with zero attached hydrogens (tertiary/aromatic N) is 5. The molecule has 0 spiro atoms. The lowest BCUT2D eigenvalue weighted by molar-refractivity contribution is -0.278. The number of ether oxygens (including phenoxy) is 2. The Balaban J connectivity index is 1.38. The van der Waals surface area contributed by atoms with Gasteiger partial charge in [-0.2, -0.15) is 18.3 Å². The van der Waals surface area contributed by atoms with Gasteiger partial charge in [-0.25, -0.2) is 14.6 Å². The van der Waals surface area contributed by atoms with Crippen molar-refractivity contribution in [2.24, 2.45) is 5.92 Å². The number of hydrogen-bond acceptors (Lipinski definition) is 13. The molecule has 4 N–H and O–H groups in total. The van der Waals surface area contributed by atoms with Crippen LogP contribution in [0.4, 0.5) is 13.2 Å². The number of alkyl halides is 3. The normalized spacial score (nSPS) is 23.2. The standard InChI is InChI=1S/C24H22F3N5O8S/c25-24(26,27)10-1-2-15-12(5-10)30-16(41-15)7-32-22(37)19-18(28-3-4-29-19)13(31-32)6-17(34)39-9-11-20(35)14(8-33)40-23(38)21(11)36/h1-5,11,14,20-21,23,33,35-36,38H,6-9H2/t11?,14-,20+,21-,23-/m1/s1. The molecule has 0 bridgehead atoms. The zero-order valence-corrected chi connectivity index (χ0v) is 21.6. The Kier molecular flexibility index (Phi) is 8.00. The Bertz CT molecular complexity index is 1650. The van der Waals surface area contributed by atoms with Crippen LogP contribution in [0.25, 0.3) is 21.3 Å². The fourth-order valence-corrected chi connectivity index (χ4v) is 5.32. The molecule has 0 radical (unpaired) electrons. The number of benzene rings is 1. The zero-order valence-electron chi connectivity index (χ0n) is 20.8. The summed E-state index contributed by atoms with van der Waals surface area (Å²) in [6, 6.07) is 3.14. The molecular formula is C24H22F3N5O8S. The molecule has 13 nitrogen and oxygen atoms in total. The van der Waals surface area contributed by atoms with Crippen LogP contribution in [-0.4, -0.2) is 88.9 Å². The fraction of sp³-hybridized carbons (Fsp3) is 0.417. The summed E-state index contributed by atoms with van der Waals surface area (Å²) < 4.78 is 50.8. The molecule has 1 unspecified atom stereocenters. The molecule has 4 heterocycles. The summed E-state index contributed by atoms with van der Waals surface area (Å²) in [5.74, 6) is -2.05. The average Bonchev–Trinajstić information content (AvgIpc) is 3.34. The number of esters is 1. The Hall–Kier alpha value is -3.61. The highest BCUT2D eigenvalue weighted by molar-refractivity contribution is 7.18. The molecule has 1 aliphatic heterocycles. The number of halogens is 3. The summed E-state index contributed by atoms with van der Waals surface area (Å²) in [7, 11) is 0. The third-order valence-electron chi connectivity index (χ3n) is 6.49. The Morgan fingerprint density at radius 2 is 1.85 bits per heavy atom. The molecule has 4 aromatic rings. The van der Waals surface area contributed by atoms with Gasteiger partial charge < -0.3 is 29.9 Å². The number of carbonyl (C=O) groups is 1. The van der Waals surface area contributed by atoms with Crippen LogP contribution in [0, 0.1) is 5.92 Å². The molecule has 0 aliphatic carbocycles. The summed E-state index contributed by atoms with van der Waals surface area (Å²) in [5, 5.41) is 44.1. The first-order chi connectivity index (χ1) is 19.5. The predicted molar refractivity (Wildman–Crippen MR) is 133 cm³/mol. The first-order valence-electron chi connectivity index (χ1n) is 12.1. The molecule has 1 aromatic carbocycles. The maximum atomic E-state index is 13.1. The Morgan fingerprint density at radius 1 is 1.12 bits per heavy atom. The minimum atomic E-state index is -4.54. The lowest BCUT2D eigenvalue weighted by atomic mass is 9.90. The number of rotatable bonds is 7.